The molecule has 7 nitrogen and oxygen atoms in total. The summed E-state index contributed by atoms with van der Waals surface area (Å²) in [4.78, 5) is 11.4. The highest BCUT2D eigenvalue weighted by atomic mass is 16.5. The zero-order chi connectivity index (χ0) is 22.1. The highest BCUT2D eigenvalue weighted by Gasteiger charge is 2.17. The maximum absolute atomic E-state index is 6.15. The number of hydrogen-bond acceptors (Lipinski definition) is 5. The van der Waals surface area contributed by atoms with Crippen molar-refractivity contribution in [2.45, 2.75) is 33.4 Å². The van der Waals surface area contributed by atoms with E-state index in [2.05, 4.69) is 47.7 Å². The van der Waals surface area contributed by atoms with Crippen LogP contribution in [-0.2, 0) is 17.8 Å². The second-order valence-electron chi connectivity index (χ2n) is 8.08. The van der Waals surface area contributed by atoms with Crippen LogP contribution in [0.4, 0.5) is 5.82 Å². The van der Waals surface area contributed by atoms with Gasteiger partial charge in [-0.25, -0.2) is 9.98 Å². The fraction of sp³-hybridized carbons (Fsp3) is 0.500. The van der Waals surface area contributed by atoms with E-state index < -0.39 is 0 Å². The maximum Gasteiger partial charge on any atom is 0.191 e. The fourth-order valence-electron chi connectivity index (χ4n) is 3.34. The van der Waals surface area contributed by atoms with Crippen LogP contribution in [0.5, 0.6) is 5.75 Å². The Labute approximate surface area is 185 Å². The highest BCUT2D eigenvalue weighted by Crippen LogP contribution is 2.23. The second-order valence-corrected chi connectivity index (χ2v) is 8.08. The van der Waals surface area contributed by atoms with Gasteiger partial charge in [0.25, 0.3) is 0 Å². The number of aliphatic imine (C=N–C) groups is 1. The van der Waals surface area contributed by atoms with Gasteiger partial charge in [0.05, 0.1) is 32.0 Å². The van der Waals surface area contributed by atoms with E-state index >= 15 is 0 Å². The number of pyridine rings is 1. The van der Waals surface area contributed by atoms with Gasteiger partial charge in [-0.1, -0.05) is 18.2 Å². The lowest BCUT2D eigenvalue weighted by molar-refractivity contribution is 0.166. The number of nitrogens with zero attached hydrogens (tertiary/aromatic N) is 3. The molecule has 0 amide bonds. The smallest absolute Gasteiger partial charge is 0.191 e. The van der Waals surface area contributed by atoms with Crippen molar-refractivity contribution in [1.29, 1.82) is 0 Å². The first kappa shape index (κ1) is 22.9. The second kappa shape index (κ2) is 11.6. The molecule has 0 aliphatic carbocycles. The number of aromatic nitrogens is 1. The molecule has 1 unspecified atom stereocenters. The molecule has 1 aliphatic heterocycles. The molecule has 0 spiro atoms. The largest absolute Gasteiger partial charge is 0.493 e. The Morgan fingerprint density at radius 2 is 2.13 bits per heavy atom. The van der Waals surface area contributed by atoms with Crippen LogP contribution in [0.2, 0.25) is 0 Å². The summed E-state index contributed by atoms with van der Waals surface area (Å²) in [5, 5.41) is 6.69. The van der Waals surface area contributed by atoms with Crippen molar-refractivity contribution in [3.05, 3.63) is 53.2 Å². The van der Waals surface area contributed by atoms with Crippen molar-refractivity contribution in [2.75, 3.05) is 45.4 Å². The van der Waals surface area contributed by atoms with Crippen LogP contribution in [0.15, 0.2) is 41.4 Å². The lowest BCUT2D eigenvalue weighted by atomic mass is 10.1. The number of benzene rings is 1. The summed E-state index contributed by atoms with van der Waals surface area (Å²) in [6.45, 7) is 8.39. The summed E-state index contributed by atoms with van der Waals surface area (Å²) in [6, 6.07) is 12.3. The molecule has 168 valence electrons. The lowest BCUT2D eigenvalue weighted by Gasteiger charge is -2.16. The predicted octanol–water partition coefficient (Wildman–Crippen LogP) is 3.13. The van der Waals surface area contributed by atoms with Gasteiger partial charge in [0.2, 0.25) is 0 Å². The molecule has 0 radical (unpaired) electrons. The van der Waals surface area contributed by atoms with Gasteiger partial charge in [-0.2, -0.15) is 0 Å². The van der Waals surface area contributed by atoms with Crippen molar-refractivity contribution in [3.8, 4) is 5.75 Å². The third kappa shape index (κ3) is 7.14. The van der Waals surface area contributed by atoms with Crippen LogP contribution in [0.25, 0.3) is 0 Å². The van der Waals surface area contributed by atoms with Gasteiger partial charge in [0, 0.05) is 38.7 Å². The van der Waals surface area contributed by atoms with Crippen LogP contribution < -0.4 is 20.3 Å². The number of ether oxygens (including phenoxy) is 2. The summed E-state index contributed by atoms with van der Waals surface area (Å²) in [5.74, 6) is 3.08. The van der Waals surface area contributed by atoms with Crippen LogP contribution in [0.1, 0.15) is 30.2 Å². The van der Waals surface area contributed by atoms with Crippen LogP contribution in [0.3, 0.4) is 0 Å². The van der Waals surface area contributed by atoms with Crippen molar-refractivity contribution >= 4 is 11.8 Å². The highest BCUT2D eigenvalue weighted by molar-refractivity contribution is 5.79. The van der Waals surface area contributed by atoms with Gasteiger partial charge in [-0.3, -0.25) is 0 Å². The van der Waals surface area contributed by atoms with E-state index in [-0.39, 0.29) is 0 Å². The molecule has 0 bridgehead atoms. The van der Waals surface area contributed by atoms with Crippen LogP contribution in [-0.4, -0.2) is 51.4 Å². The van der Waals surface area contributed by atoms with Crippen molar-refractivity contribution in [3.63, 3.8) is 0 Å². The normalized spacial score (nSPS) is 16.3. The Morgan fingerprint density at radius 1 is 1.26 bits per heavy atom. The first-order valence-electron chi connectivity index (χ1n) is 11.0. The van der Waals surface area contributed by atoms with Gasteiger partial charge in [0.15, 0.2) is 5.96 Å². The average Bonchev–Trinajstić information content (AvgIpc) is 3.29. The minimum Gasteiger partial charge on any atom is -0.493 e. The van der Waals surface area contributed by atoms with Crippen molar-refractivity contribution in [2.24, 2.45) is 10.9 Å². The molecule has 2 aromatic rings. The molecular weight excluding hydrogens is 390 g/mol. The van der Waals surface area contributed by atoms with Crippen molar-refractivity contribution < 1.29 is 9.47 Å². The Kier molecular flexibility index (Phi) is 8.53. The molecular formula is C24H35N5O2. The third-order valence-electron chi connectivity index (χ3n) is 5.16. The summed E-state index contributed by atoms with van der Waals surface area (Å²) >= 11 is 0. The van der Waals surface area contributed by atoms with Crippen LogP contribution >= 0.6 is 0 Å². The molecule has 3 rings (SSSR count). The summed E-state index contributed by atoms with van der Waals surface area (Å²) < 4.78 is 11.6. The molecule has 1 fully saturated rings. The predicted molar refractivity (Wildman–Crippen MR) is 126 cm³/mol. The molecule has 1 aliphatic rings. The molecule has 1 saturated heterocycles. The molecule has 1 atom stereocenters. The summed E-state index contributed by atoms with van der Waals surface area (Å²) in [5.41, 5.74) is 3.23. The topological polar surface area (TPSA) is 71.0 Å². The average molecular weight is 426 g/mol. The van der Waals surface area contributed by atoms with Crippen LogP contribution in [0, 0.1) is 12.8 Å². The molecule has 7 heteroatoms. The standard InChI is InChI=1S/C24H35N5O2/c1-5-25-24(27-15-21-7-6-8-23(28-21)29(3)4)26-14-20-10-9-18(2)13-22(20)31-17-19-11-12-30-16-19/h6-10,13,19H,5,11-12,14-17H2,1-4H3,(H2,25,26,27). The number of rotatable bonds is 9. The third-order valence-corrected chi connectivity index (χ3v) is 5.16. The van der Waals surface area contributed by atoms with E-state index in [1.165, 1.54) is 5.56 Å². The quantitative estimate of drug-likeness (QED) is 0.475. The minimum absolute atomic E-state index is 0.473. The van der Waals surface area contributed by atoms with Crippen molar-refractivity contribution in [1.82, 2.24) is 15.6 Å². The molecule has 1 aromatic heterocycles. The zero-order valence-electron chi connectivity index (χ0n) is 19.1. The molecule has 31 heavy (non-hydrogen) atoms. The monoisotopic (exact) mass is 425 g/mol. The maximum atomic E-state index is 6.15. The SMILES string of the molecule is CCNC(=NCc1ccc(C)cc1OCC1CCOC1)NCc1cccc(N(C)C)n1. The first-order chi connectivity index (χ1) is 15.0. The Balaban J connectivity index is 1.64. The van der Waals surface area contributed by atoms with E-state index in [1.54, 1.807) is 0 Å². The first-order valence-corrected chi connectivity index (χ1v) is 11.0. The molecule has 0 saturated carbocycles. The molecule has 1 aromatic carbocycles. The van der Waals surface area contributed by atoms with E-state index in [4.69, 9.17) is 14.5 Å². The number of aryl methyl sites for hydroxylation is 1. The number of guanidine groups is 1. The van der Waals surface area contributed by atoms with E-state index in [1.807, 2.05) is 37.2 Å². The van der Waals surface area contributed by atoms with Gasteiger partial charge < -0.3 is 25.0 Å². The summed E-state index contributed by atoms with van der Waals surface area (Å²) in [6.07, 6.45) is 1.07. The number of nitrogens with one attached hydrogen (secondary N) is 2. The van der Waals surface area contributed by atoms with Gasteiger partial charge in [-0.05, 0) is 44.0 Å². The fourth-order valence-corrected chi connectivity index (χ4v) is 3.34. The molecule has 2 N–H and O–H groups in total. The van der Waals surface area contributed by atoms with E-state index in [0.29, 0.717) is 25.6 Å². The minimum atomic E-state index is 0.473. The van der Waals surface area contributed by atoms with E-state index in [9.17, 15) is 0 Å². The Hall–Kier alpha value is -2.80. The van der Waals surface area contributed by atoms with Gasteiger partial charge in [0.1, 0.15) is 11.6 Å². The number of anilines is 1. The zero-order valence-corrected chi connectivity index (χ0v) is 19.1. The molecule has 2 heterocycles. The Bertz CT molecular complexity index is 863. The summed E-state index contributed by atoms with van der Waals surface area (Å²) in [7, 11) is 3.98. The van der Waals surface area contributed by atoms with Gasteiger partial charge in [-0.15, -0.1) is 0 Å². The van der Waals surface area contributed by atoms with Gasteiger partial charge >= 0.3 is 0 Å². The lowest BCUT2D eigenvalue weighted by Crippen LogP contribution is -2.37. The van der Waals surface area contributed by atoms with E-state index in [0.717, 1.165) is 55.0 Å². The number of hydrogen-bond donors (Lipinski definition) is 2. The Morgan fingerprint density at radius 3 is 2.87 bits per heavy atom.